The molecule has 2 aliphatic rings. The maximum Gasteiger partial charge on any atom is 0.254 e. The highest BCUT2D eigenvalue weighted by Crippen LogP contribution is 2.44. The van der Waals surface area contributed by atoms with Gasteiger partial charge in [0.25, 0.3) is 11.8 Å². The number of thioether (sulfide) groups is 1. The lowest BCUT2D eigenvalue weighted by molar-refractivity contribution is 0.0498. The molecule has 2 aliphatic heterocycles. The summed E-state index contributed by atoms with van der Waals surface area (Å²) in [6.45, 7) is 4.16. The highest BCUT2D eigenvalue weighted by molar-refractivity contribution is 8.00. The van der Waals surface area contributed by atoms with Crippen molar-refractivity contribution in [3.05, 3.63) is 71.0 Å². The SMILES string of the molecule is CCCCCc1ccc(C(=O)N2CCC3(CC2)SCCN3C(=O)c2ccc(F)cc2)cc1. The van der Waals surface area contributed by atoms with Crippen LogP contribution in [0.3, 0.4) is 0 Å². The first-order valence-corrected chi connectivity index (χ1v) is 12.6. The number of aryl methyl sites for hydroxylation is 1. The number of nitrogens with zero attached hydrogens (tertiary/aromatic N) is 2. The fraction of sp³-hybridized carbons (Fsp3) is 0.462. The normalized spacial score (nSPS) is 17.7. The summed E-state index contributed by atoms with van der Waals surface area (Å²) in [6.07, 6.45) is 6.19. The van der Waals surface area contributed by atoms with Gasteiger partial charge in [-0.25, -0.2) is 4.39 Å². The van der Waals surface area contributed by atoms with Crippen LogP contribution in [-0.4, -0.2) is 51.9 Å². The number of carbonyl (C=O) groups is 2. The summed E-state index contributed by atoms with van der Waals surface area (Å²) in [5, 5.41) is 0. The van der Waals surface area contributed by atoms with Gasteiger partial charge >= 0.3 is 0 Å². The Hall–Kier alpha value is -2.34. The van der Waals surface area contributed by atoms with Crippen LogP contribution in [0, 0.1) is 5.82 Å². The van der Waals surface area contributed by atoms with Gasteiger partial charge in [-0.05, 0) is 67.6 Å². The molecule has 4 nitrogen and oxygen atoms in total. The maximum atomic E-state index is 13.3. The van der Waals surface area contributed by atoms with Crippen molar-refractivity contribution >= 4 is 23.6 Å². The van der Waals surface area contributed by atoms with Crippen molar-refractivity contribution in [1.29, 1.82) is 0 Å². The third-order valence-corrected chi connectivity index (χ3v) is 8.17. The summed E-state index contributed by atoms with van der Waals surface area (Å²) in [4.78, 5) is 29.7. The second-order valence-electron chi connectivity index (χ2n) is 8.70. The summed E-state index contributed by atoms with van der Waals surface area (Å²) >= 11 is 1.81. The Morgan fingerprint density at radius 3 is 2.19 bits per heavy atom. The molecular weight excluding hydrogens is 423 g/mol. The van der Waals surface area contributed by atoms with E-state index in [0.717, 1.165) is 30.6 Å². The molecular formula is C26H31FN2O2S. The van der Waals surface area contributed by atoms with Gasteiger partial charge in [-0.1, -0.05) is 31.9 Å². The first-order chi connectivity index (χ1) is 15.5. The number of hydrogen-bond donors (Lipinski definition) is 0. The van der Waals surface area contributed by atoms with Crippen LogP contribution in [-0.2, 0) is 6.42 Å². The molecule has 2 aromatic carbocycles. The van der Waals surface area contributed by atoms with E-state index in [2.05, 4.69) is 19.1 Å². The van der Waals surface area contributed by atoms with Crippen molar-refractivity contribution in [1.82, 2.24) is 9.80 Å². The van der Waals surface area contributed by atoms with Gasteiger partial charge in [0.15, 0.2) is 0 Å². The molecule has 1 spiro atoms. The second kappa shape index (κ2) is 10.1. The van der Waals surface area contributed by atoms with Crippen LogP contribution >= 0.6 is 11.8 Å². The molecule has 0 aliphatic carbocycles. The minimum atomic E-state index is -0.340. The van der Waals surface area contributed by atoms with Gasteiger partial charge in [0.05, 0.1) is 4.87 Å². The zero-order valence-electron chi connectivity index (χ0n) is 18.7. The molecule has 2 saturated heterocycles. The number of amides is 2. The predicted molar refractivity (Wildman–Crippen MR) is 127 cm³/mol. The average molecular weight is 455 g/mol. The van der Waals surface area contributed by atoms with E-state index >= 15 is 0 Å². The van der Waals surface area contributed by atoms with Crippen molar-refractivity contribution in [2.24, 2.45) is 0 Å². The highest BCUT2D eigenvalue weighted by atomic mass is 32.2. The van der Waals surface area contributed by atoms with E-state index in [1.165, 1.54) is 37.0 Å². The van der Waals surface area contributed by atoms with Gasteiger partial charge in [-0.15, -0.1) is 11.8 Å². The van der Waals surface area contributed by atoms with E-state index in [0.29, 0.717) is 25.2 Å². The van der Waals surface area contributed by atoms with Crippen molar-refractivity contribution in [2.75, 3.05) is 25.4 Å². The summed E-state index contributed by atoms with van der Waals surface area (Å²) in [5.74, 6) is 0.570. The zero-order chi connectivity index (χ0) is 22.6. The van der Waals surface area contributed by atoms with Crippen LogP contribution in [0.4, 0.5) is 4.39 Å². The van der Waals surface area contributed by atoms with E-state index in [-0.39, 0.29) is 22.5 Å². The molecule has 0 unspecified atom stereocenters. The first kappa shape index (κ1) is 22.8. The topological polar surface area (TPSA) is 40.6 Å². The molecule has 32 heavy (non-hydrogen) atoms. The van der Waals surface area contributed by atoms with Crippen LogP contribution < -0.4 is 0 Å². The Morgan fingerprint density at radius 1 is 0.906 bits per heavy atom. The molecule has 2 amide bonds. The summed E-state index contributed by atoms with van der Waals surface area (Å²) in [5.41, 5.74) is 2.54. The van der Waals surface area contributed by atoms with E-state index in [1.54, 1.807) is 12.1 Å². The van der Waals surface area contributed by atoms with Crippen molar-refractivity contribution in [3.63, 3.8) is 0 Å². The molecule has 2 fully saturated rings. The number of likely N-dealkylation sites (tertiary alicyclic amines) is 1. The average Bonchev–Trinajstić information content (AvgIpc) is 3.22. The van der Waals surface area contributed by atoms with Crippen LogP contribution in [0.5, 0.6) is 0 Å². The largest absolute Gasteiger partial charge is 0.338 e. The van der Waals surface area contributed by atoms with Crippen molar-refractivity contribution < 1.29 is 14.0 Å². The molecule has 0 N–H and O–H groups in total. The Balaban J connectivity index is 1.37. The summed E-state index contributed by atoms with van der Waals surface area (Å²) < 4.78 is 13.3. The molecule has 2 heterocycles. The van der Waals surface area contributed by atoms with Gasteiger partial charge in [-0.2, -0.15) is 0 Å². The lowest BCUT2D eigenvalue weighted by atomic mass is 9.99. The second-order valence-corrected chi connectivity index (χ2v) is 10.2. The van der Waals surface area contributed by atoms with Gasteiger partial charge in [0, 0.05) is 36.5 Å². The fourth-order valence-electron chi connectivity index (χ4n) is 4.69. The predicted octanol–water partition coefficient (Wildman–Crippen LogP) is 5.38. The summed E-state index contributed by atoms with van der Waals surface area (Å²) in [6, 6.07) is 13.8. The third kappa shape index (κ3) is 4.85. The van der Waals surface area contributed by atoms with Crippen LogP contribution in [0.2, 0.25) is 0 Å². The lowest BCUT2D eigenvalue weighted by Gasteiger charge is -2.44. The molecule has 0 saturated carbocycles. The number of carbonyl (C=O) groups excluding carboxylic acids is 2. The van der Waals surface area contributed by atoms with Gasteiger partial charge in [0.2, 0.25) is 0 Å². The standard InChI is InChI=1S/C26H31FN2O2S/c1-2-3-4-5-20-6-8-21(9-7-20)24(30)28-16-14-26(15-17-28)29(18-19-32-26)25(31)22-10-12-23(27)13-11-22/h6-13H,2-5,14-19H2,1H3. The zero-order valence-corrected chi connectivity index (χ0v) is 19.5. The Labute approximate surface area is 194 Å². The highest BCUT2D eigenvalue weighted by Gasteiger charge is 2.47. The van der Waals surface area contributed by atoms with Crippen molar-refractivity contribution in [2.45, 2.75) is 50.3 Å². The fourth-order valence-corrected chi connectivity index (χ4v) is 6.15. The number of halogens is 1. The van der Waals surface area contributed by atoms with Crippen LogP contribution in [0.15, 0.2) is 48.5 Å². The number of hydrogen-bond acceptors (Lipinski definition) is 3. The summed E-state index contributed by atoms with van der Waals surface area (Å²) in [7, 11) is 0. The Kier molecular flexibility index (Phi) is 7.19. The van der Waals surface area contributed by atoms with E-state index < -0.39 is 0 Å². The van der Waals surface area contributed by atoms with Gasteiger partial charge in [0.1, 0.15) is 5.82 Å². The van der Waals surface area contributed by atoms with Crippen LogP contribution in [0.25, 0.3) is 0 Å². The van der Waals surface area contributed by atoms with E-state index in [1.807, 2.05) is 33.7 Å². The quantitative estimate of drug-likeness (QED) is 0.550. The van der Waals surface area contributed by atoms with Crippen LogP contribution in [0.1, 0.15) is 65.3 Å². The maximum absolute atomic E-state index is 13.3. The molecule has 2 aromatic rings. The molecule has 0 aromatic heterocycles. The van der Waals surface area contributed by atoms with Gasteiger partial charge in [-0.3, -0.25) is 9.59 Å². The number of piperidine rings is 1. The van der Waals surface area contributed by atoms with Crippen molar-refractivity contribution in [3.8, 4) is 0 Å². The first-order valence-electron chi connectivity index (χ1n) is 11.6. The molecule has 0 radical (unpaired) electrons. The Bertz CT molecular complexity index is 937. The smallest absolute Gasteiger partial charge is 0.254 e. The minimum absolute atomic E-state index is 0.0477. The molecule has 6 heteroatoms. The van der Waals surface area contributed by atoms with E-state index in [9.17, 15) is 14.0 Å². The minimum Gasteiger partial charge on any atom is -0.338 e. The Morgan fingerprint density at radius 2 is 1.53 bits per heavy atom. The molecule has 4 rings (SSSR count). The van der Waals surface area contributed by atoms with Gasteiger partial charge < -0.3 is 9.80 Å². The monoisotopic (exact) mass is 454 g/mol. The number of unbranched alkanes of at least 4 members (excludes halogenated alkanes) is 2. The molecule has 0 atom stereocenters. The molecule has 170 valence electrons. The third-order valence-electron chi connectivity index (χ3n) is 6.62. The lowest BCUT2D eigenvalue weighted by Crippen LogP contribution is -2.53. The number of rotatable bonds is 6. The molecule has 0 bridgehead atoms. The van der Waals surface area contributed by atoms with E-state index in [4.69, 9.17) is 0 Å². The number of benzene rings is 2.